The summed E-state index contributed by atoms with van der Waals surface area (Å²) in [5, 5.41) is 1.12. The summed E-state index contributed by atoms with van der Waals surface area (Å²) in [6.07, 6.45) is 3.32. The minimum absolute atomic E-state index is 0.0300. The van der Waals surface area contributed by atoms with Crippen LogP contribution in [0.2, 0.25) is 0 Å². The first-order chi connectivity index (χ1) is 8.54. The van der Waals surface area contributed by atoms with Crippen molar-refractivity contribution in [2.45, 2.75) is 51.6 Å². The summed E-state index contributed by atoms with van der Waals surface area (Å²) < 4.78 is 0. The van der Waals surface area contributed by atoms with Gasteiger partial charge in [0.2, 0.25) is 5.91 Å². The number of aromatic nitrogens is 1. The number of thiazole rings is 1. The number of nitrogens with two attached hydrogens (primary N) is 1. The molecule has 2 N–H and O–H groups in total. The molecular weight excluding hydrogens is 246 g/mol. The Morgan fingerprint density at radius 3 is 2.89 bits per heavy atom. The maximum absolute atomic E-state index is 11.9. The highest BCUT2D eigenvalue weighted by Gasteiger charge is 2.39. The van der Waals surface area contributed by atoms with E-state index in [1.165, 1.54) is 0 Å². The van der Waals surface area contributed by atoms with Gasteiger partial charge in [0, 0.05) is 36.0 Å². The summed E-state index contributed by atoms with van der Waals surface area (Å²) in [6.45, 7) is 7.13. The Morgan fingerprint density at radius 1 is 1.61 bits per heavy atom. The Balaban J connectivity index is 2.25. The van der Waals surface area contributed by atoms with Gasteiger partial charge in [-0.2, -0.15) is 0 Å². The fourth-order valence-corrected chi connectivity index (χ4v) is 3.50. The zero-order valence-electron chi connectivity index (χ0n) is 11.2. The maximum Gasteiger partial charge on any atom is 0.224 e. The molecule has 1 aliphatic rings. The van der Waals surface area contributed by atoms with E-state index in [0.717, 1.165) is 22.9 Å². The molecule has 0 unspecified atom stereocenters. The Kier molecular flexibility index (Phi) is 4.02. The van der Waals surface area contributed by atoms with Gasteiger partial charge in [-0.05, 0) is 6.42 Å². The van der Waals surface area contributed by atoms with Gasteiger partial charge in [-0.3, -0.25) is 4.79 Å². The number of rotatable bonds is 4. The van der Waals surface area contributed by atoms with Crippen molar-refractivity contribution in [3.63, 3.8) is 0 Å². The Labute approximate surface area is 112 Å². The smallest absolute Gasteiger partial charge is 0.224 e. The lowest BCUT2D eigenvalue weighted by Crippen LogP contribution is -2.33. The predicted molar refractivity (Wildman–Crippen MR) is 73.5 cm³/mol. The van der Waals surface area contributed by atoms with E-state index in [2.05, 4.69) is 25.8 Å². The second-order valence-corrected chi connectivity index (χ2v) is 6.25. The van der Waals surface area contributed by atoms with Gasteiger partial charge in [-0.15, -0.1) is 11.3 Å². The van der Waals surface area contributed by atoms with Crippen molar-refractivity contribution in [2.75, 3.05) is 6.54 Å². The van der Waals surface area contributed by atoms with Gasteiger partial charge in [-0.1, -0.05) is 20.8 Å². The lowest BCUT2D eigenvalue weighted by atomic mass is 10.1. The minimum Gasteiger partial charge on any atom is -0.333 e. The average molecular weight is 267 g/mol. The molecule has 0 spiro atoms. The second-order valence-electron chi connectivity index (χ2n) is 5.16. The van der Waals surface area contributed by atoms with Gasteiger partial charge in [0.1, 0.15) is 0 Å². The number of hydrogen-bond donors (Lipinski definition) is 1. The molecule has 2 heterocycles. The van der Waals surface area contributed by atoms with Crippen molar-refractivity contribution < 1.29 is 4.79 Å². The van der Waals surface area contributed by atoms with E-state index in [-0.39, 0.29) is 18.0 Å². The molecule has 5 heteroatoms. The third-order valence-electron chi connectivity index (χ3n) is 3.26. The van der Waals surface area contributed by atoms with Crippen LogP contribution < -0.4 is 5.73 Å². The number of amides is 1. The molecule has 1 fully saturated rings. The van der Waals surface area contributed by atoms with Crippen LogP contribution in [0, 0.1) is 0 Å². The second kappa shape index (κ2) is 5.36. The normalized spacial score (nSPS) is 24.3. The van der Waals surface area contributed by atoms with Crippen molar-refractivity contribution in [2.24, 2.45) is 5.73 Å². The lowest BCUT2D eigenvalue weighted by molar-refractivity contribution is -0.129. The van der Waals surface area contributed by atoms with Crippen molar-refractivity contribution in [3.05, 3.63) is 16.1 Å². The third kappa shape index (κ3) is 2.42. The van der Waals surface area contributed by atoms with Crippen LogP contribution >= 0.6 is 11.3 Å². The molecule has 0 aromatic carbocycles. The summed E-state index contributed by atoms with van der Waals surface area (Å²) >= 11 is 1.69. The molecular formula is C13H21N3OS. The van der Waals surface area contributed by atoms with Crippen molar-refractivity contribution >= 4 is 17.2 Å². The highest BCUT2D eigenvalue weighted by molar-refractivity contribution is 7.11. The van der Waals surface area contributed by atoms with Crippen LogP contribution in [0.1, 0.15) is 55.5 Å². The van der Waals surface area contributed by atoms with E-state index in [4.69, 9.17) is 5.73 Å². The van der Waals surface area contributed by atoms with Crippen LogP contribution in [0.3, 0.4) is 0 Å². The van der Waals surface area contributed by atoms with E-state index >= 15 is 0 Å². The monoisotopic (exact) mass is 267 g/mol. The fourth-order valence-electron chi connectivity index (χ4n) is 2.39. The van der Waals surface area contributed by atoms with Gasteiger partial charge in [0.25, 0.3) is 0 Å². The molecule has 100 valence electrons. The Bertz CT molecular complexity index is 430. The van der Waals surface area contributed by atoms with Gasteiger partial charge in [-0.25, -0.2) is 4.98 Å². The minimum atomic E-state index is -0.0930. The molecule has 1 aromatic heterocycles. The van der Waals surface area contributed by atoms with Gasteiger partial charge >= 0.3 is 0 Å². The SMILES string of the molecule is CCCN1C(=O)C[C@H](N)[C@H]1c1cnc(C(C)C)s1. The number of carbonyl (C=O) groups excluding carboxylic acids is 1. The first kappa shape index (κ1) is 13.5. The summed E-state index contributed by atoms with van der Waals surface area (Å²) in [5.41, 5.74) is 6.12. The summed E-state index contributed by atoms with van der Waals surface area (Å²) in [7, 11) is 0. The predicted octanol–water partition coefficient (Wildman–Crippen LogP) is 2.28. The highest BCUT2D eigenvalue weighted by atomic mass is 32.1. The molecule has 1 amide bonds. The molecule has 1 aromatic rings. The van der Waals surface area contributed by atoms with E-state index < -0.39 is 0 Å². The molecule has 0 bridgehead atoms. The molecule has 0 radical (unpaired) electrons. The molecule has 4 nitrogen and oxygen atoms in total. The standard InChI is InChI=1S/C13H21N3OS/c1-4-5-16-11(17)6-9(14)12(16)10-7-15-13(18-10)8(2)3/h7-9,12H,4-6,14H2,1-3H3/t9-,12-/m0/s1. The number of carbonyl (C=O) groups is 1. The van der Waals surface area contributed by atoms with Crippen LogP contribution in [0.5, 0.6) is 0 Å². The third-order valence-corrected chi connectivity index (χ3v) is 4.63. The van der Waals surface area contributed by atoms with Gasteiger partial charge in [0.05, 0.1) is 11.0 Å². The van der Waals surface area contributed by atoms with E-state index in [0.29, 0.717) is 12.3 Å². The maximum atomic E-state index is 11.9. The van der Waals surface area contributed by atoms with Gasteiger partial charge < -0.3 is 10.6 Å². The molecule has 2 atom stereocenters. The summed E-state index contributed by atoms with van der Waals surface area (Å²) in [6, 6.07) is -0.0630. The van der Waals surface area contributed by atoms with Crippen molar-refractivity contribution in [1.29, 1.82) is 0 Å². The zero-order chi connectivity index (χ0) is 13.3. The quantitative estimate of drug-likeness (QED) is 0.910. The summed E-state index contributed by atoms with van der Waals surface area (Å²) in [4.78, 5) is 19.4. The Morgan fingerprint density at radius 2 is 2.33 bits per heavy atom. The van der Waals surface area contributed by atoms with Crippen LogP contribution in [-0.4, -0.2) is 28.4 Å². The molecule has 1 aliphatic heterocycles. The van der Waals surface area contributed by atoms with Crippen LogP contribution in [0.15, 0.2) is 6.20 Å². The number of hydrogen-bond acceptors (Lipinski definition) is 4. The Hall–Kier alpha value is -0.940. The summed E-state index contributed by atoms with van der Waals surface area (Å²) in [5.74, 6) is 0.602. The first-order valence-electron chi connectivity index (χ1n) is 6.55. The van der Waals surface area contributed by atoms with Crippen molar-refractivity contribution in [1.82, 2.24) is 9.88 Å². The molecule has 18 heavy (non-hydrogen) atoms. The van der Waals surface area contributed by atoms with Crippen LogP contribution in [0.25, 0.3) is 0 Å². The van der Waals surface area contributed by atoms with Crippen molar-refractivity contribution in [3.8, 4) is 0 Å². The van der Waals surface area contributed by atoms with Crippen LogP contribution in [0.4, 0.5) is 0 Å². The average Bonchev–Trinajstić information content (AvgIpc) is 2.86. The fraction of sp³-hybridized carbons (Fsp3) is 0.692. The van der Waals surface area contributed by atoms with E-state index in [1.54, 1.807) is 11.3 Å². The number of likely N-dealkylation sites (tertiary alicyclic amines) is 1. The van der Waals surface area contributed by atoms with Gasteiger partial charge in [0.15, 0.2) is 0 Å². The first-order valence-corrected chi connectivity index (χ1v) is 7.37. The van der Waals surface area contributed by atoms with E-state index in [9.17, 15) is 4.79 Å². The largest absolute Gasteiger partial charge is 0.333 e. The zero-order valence-corrected chi connectivity index (χ0v) is 12.0. The van der Waals surface area contributed by atoms with Crippen LogP contribution in [-0.2, 0) is 4.79 Å². The molecule has 0 saturated carbocycles. The molecule has 2 rings (SSSR count). The molecule has 0 aliphatic carbocycles. The topological polar surface area (TPSA) is 59.2 Å². The molecule has 1 saturated heterocycles. The highest BCUT2D eigenvalue weighted by Crippen LogP contribution is 2.36. The lowest BCUT2D eigenvalue weighted by Gasteiger charge is -2.25. The van der Waals surface area contributed by atoms with E-state index in [1.807, 2.05) is 11.1 Å². The number of nitrogens with zero attached hydrogens (tertiary/aromatic N) is 2.